The van der Waals surface area contributed by atoms with Gasteiger partial charge >= 0.3 is 5.97 Å². The van der Waals surface area contributed by atoms with Crippen LogP contribution < -0.4 is 10.1 Å². The van der Waals surface area contributed by atoms with Crippen LogP contribution in [-0.4, -0.2) is 18.2 Å². The molecule has 3 rings (SSSR count). The van der Waals surface area contributed by atoms with Gasteiger partial charge in [-0.25, -0.2) is 13.6 Å². The number of carboxylic acid groups (broad SMARTS) is 1. The Morgan fingerprint density at radius 1 is 1.16 bits per heavy atom. The van der Waals surface area contributed by atoms with E-state index < -0.39 is 17.6 Å². The van der Waals surface area contributed by atoms with Crippen LogP contribution >= 0.6 is 27.7 Å². The first-order valence-corrected chi connectivity index (χ1v) is 10.9. The molecular weight excluding hydrogens is 488 g/mol. The smallest absolute Gasteiger partial charge is 0.328 e. The molecule has 0 aliphatic heterocycles. The first-order chi connectivity index (χ1) is 14.9. The number of benzene rings is 3. The molecule has 2 N–H and O–H groups in total. The Bertz CT molecular complexity index is 1120. The molecule has 3 aromatic carbocycles. The van der Waals surface area contributed by atoms with Gasteiger partial charge < -0.3 is 15.2 Å². The molecule has 0 spiro atoms. The normalized spacial score (nSPS) is 11.0. The van der Waals surface area contributed by atoms with Crippen LogP contribution in [0.5, 0.6) is 5.75 Å². The van der Waals surface area contributed by atoms with E-state index >= 15 is 4.39 Å². The second-order valence-electron chi connectivity index (χ2n) is 6.38. The summed E-state index contributed by atoms with van der Waals surface area (Å²) < 4.78 is 34.8. The van der Waals surface area contributed by atoms with E-state index in [0.717, 1.165) is 11.6 Å². The molecule has 0 fully saturated rings. The van der Waals surface area contributed by atoms with Crippen molar-refractivity contribution in [3.63, 3.8) is 0 Å². The van der Waals surface area contributed by atoms with Gasteiger partial charge in [-0.1, -0.05) is 30.3 Å². The number of halogens is 3. The number of thioether (sulfide) groups is 1. The third-order valence-corrected chi connectivity index (χ3v) is 6.00. The molecule has 0 radical (unpaired) electrons. The summed E-state index contributed by atoms with van der Waals surface area (Å²) in [6, 6.07) is 15.5. The van der Waals surface area contributed by atoms with E-state index in [1.807, 2.05) is 30.3 Å². The van der Waals surface area contributed by atoms with Crippen molar-refractivity contribution in [3.05, 3.63) is 87.9 Å². The zero-order valence-electron chi connectivity index (χ0n) is 16.4. The van der Waals surface area contributed by atoms with Crippen LogP contribution in [0.1, 0.15) is 11.1 Å². The van der Waals surface area contributed by atoms with Gasteiger partial charge in [-0.2, -0.15) is 0 Å². The number of hydrogen-bond acceptors (Lipinski definition) is 4. The molecule has 3 aromatic rings. The van der Waals surface area contributed by atoms with E-state index in [4.69, 9.17) is 9.84 Å². The molecular formula is C23H18BrF2NO3S. The number of aliphatic carboxylic acids is 1. The lowest BCUT2D eigenvalue weighted by molar-refractivity contribution is -0.131. The van der Waals surface area contributed by atoms with Crippen LogP contribution in [0.25, 0.3) is 6.08 Å². The fourth-order valence-corrected chi connectivity index (χ4v) is 4.02. The standard InChI is InChI=1S/C23H18BrF2NO3S/c1-30-20-11-16(24)17(25)12-19(20)27-18-8-9-21(23(26)15(18)7-10-22(28)29)31-13-14-5-3-2-4-6-14/h2-12,27H,13H2,1H3,(H,28,29)/b10-7+. The van der Waals surface area contributed by atoms with Crippen LogP contribution in [0.15, 0.2) is 70.0 Å². The molecule has 0 aliphatic carbocycles. The van der Waals surface area contributed by atoms with Gasteiger partial charge in [0.05, 0.1) is 17.3 Å². The molecule has 0 atom stereocenters. The fraction of sp³-hybridized carbons (Fsp3) is 0.0870. The number of carbonyl (C=O) groups is 1. The summed E-state index contributed by atoms with van der Waals surface area (Å²) >= 11 is 4.40. The van der Waals surface area contributed by atoms with Crippen LogP contribution in [0.4, 0.5) is 20.2 Å². The zero-order valence-corrected chi connectivity index (χ0v) is 18.8. The third-order valence-electron chi connectivity index (χ3n) is 4.29. The molecule has 0 unspecified atom stereocenters. The highest BCUT2D eigenvalue weighted by Gasteiger charge is 2.16. The summed E-state index contributed by atoms with van der Waals surface area (Å²) in [7, 11) is 1.43. The minimum Gasteiger partial charge on any atom is -0.495 e. The van der Waals surface area contributed by atoms with E-state index in [9.17, 15) is 9.18 Å². The molecule has 0 heterocycles. The molecule has 0 aliphatic rings. The lowest BCUT2D eigenvalue weighted by Gasteiger charge is -2.16. The first-order valence-electron chi connectivity index (χ1n) is 9.09. The van der Waals surface area contributed by atoms with E-state index in [1.54, 1.807) is 12.1 Å². The highest BCUT2D eigenvalue weighted by Crippen LogP contribution is 2.37. The van der Waals surface area contributed by atoms with Crippen LogP contribution in [0.3, 0.4) is 0 Å². The number of rotatable bonds is 8. The fourth-order valence-electron chi connectivity index (χ4n) is 2.79. The maximum absolute atomic E-state index is 15.3. The zero-order chi connectivity index (χ0) is 22.4. The second kappa shape index (κ2) is 10.5. The average Bonchev–Trinajstić information content (AvgIpc) is 2.75. The van der Waals surface area contributed by atoms with E-state index in [1.165, 1.54) is 37.1 Å². The van der Waals surface area contributed by atoms with Gasteiger partial charge in [0.2, 0.25) is 0 Å². The SMILES string of the molecule is COc1cc(Br)c(F)cc1Nc1ccc(SCc2ccccc2)c(F)c1/C=C/C(=O)O. The Labute approximate surface area is 191 Å². The van der Waals surface area contributed by atoms with E-state index in [0.29, 0.717) is 16.4 Å². The van der Waals surface area contributed by atoms with Gasteiger partial charge in [0.25, 0.3) is 0 Å². The molecule has 0 aromatic heterocycles. The monoisotopic (exact) mass is 505 g/mol. The van der Waals surface area contributed by atoms with Crippen molar-refractivity contribution in [2.24, 2.45) is 0 Å². The Balaban J connectivity index is 1.97. The van der Waals surface area contributed by atoms with Crippen molar-refractivity contribution in [3.8, 4) is 5.75 Å². The number of carboxylic acids is 1. The number of methoxy groups -OCH3 is 1. The predicted octanol–water partition coefficient (Wildman–Crippen LogP) is 6.87. The van der Waals surface area contributed by atoms with Gasteiger partial charge in [0.15, 0.2) is 0 Å². The summed E-state index contributed by atoms with van der Waals surface area (Å²) in [5, 5.41) is 12.0. The highest BCUT2D eigenvalue weighted by atomic mass is 79.9. The van der Waals surface area contributed by atoms with E-state index in [-0.39, 0.29) is 21.4 Å². The minimum absolute atomic E-state index is 0.0471. The summed E-state index contributed by atoms with van der Waals surface area (Å²) in [4.78, 5) is 11.4. The van der Waals surface area contributed by atoms with Crippen molar-refractivity contribution >= 4 is 51.1 Å². The van der Waals surface area contributed by atoms with Crippen LogP contribution in [0.2, 0.25) is 0 Å². The van der Waals surface area contributed by atoms with E-state index in [2.05, 4.69) is 21.2 Å². The number of anilines is 2. The van der Waals surface area contributed by atoms with Crippen LogP contribution in [-0.2, 0) is 10.5 Å². The second-order valence-corrected chi connectivity index (χ2v) is 8.25. The highest BCUT2D eigenvalue weighted by molar-refractivity contribution is 9.10. The Kier molecular flexibility index (Phi) is 7.70. The first kappa shape index (κ1) is 22.8. The quantitative estimate of drug-likeness (QED) is 0.258. The van der Waals surface area contributed by atoms with Gasteiger partial charge in [-0.15, -0.1) is 11.8 Å². The summed E-state index contributed by atoms with van der Waals surface area (Å²) in [5.74, 6) is -1.41. The predicted molar refractivity (Wildman–Crippen MR) is 123 cm³/mol. The van der Waals surface area contributed by atoms with Crippen molar-refractivity contribution in [1.82, 2.24) is 0 Å². The maximum Gasteiger partial charge on any atom is 0.328 e. The minimum atomic E-state index is -1.21. The number of ether oxygens (including phenoxy) is 1. The van der Waals surface area contributed by atoms with Gasteiger partial charge in [-0.05, 0) is 45.8 Å². The Hall–Kier alpha value is -2.84. The molecule has 0 saturated carbocycles. The Morgan fingerprint density at radius 3 is 2.58 bits per heavy atom. The third kappa shape index (κ3) is 5.86. The molecule has 8 heteroatoms. The summed E-state index contributed by atoms with van der Waals surface area (Å²) in [6.07, 6.45) is 2.03. The van der Waals surface area contributed by atoms with Crippen molar-refractivity contribution in [1.29, 1.82) is 0 Å². The molecule has 0 saturated heterocycles. The molecule has 31 heavy (non-hydrogen) atoms. The maximum atomic E-state index is 15.3. The lowest BCUT2D eigenvalue weighted by atomic mass is 10.1. The van der Waals surface area contributed by atoms with Crippen molar-refractivity contribution < 1.29 is 23.4 Å². The van der Waals surface area contributed by atoms with Gasteiger partial charge in [0.1, 0.15) is 17.4 Å². The van der Waals surface area contributed by atoms with Crippen molar-refractivity contribution in [2.45, 2.75) is 10.6 Å². The van der Waals surface area contributed by atoms with Crippen LogP contribution in [0, 0.1) is 11.6 Å². The Morgan fingerprint density at radius 2 is 1.90 bits per heavy atom. The van der Waals surface area contributed by atoms with Gasteiger partial charge in [0, 0.05) is 34.0 Å². The summed E-state index contributed by atoms with van der Waals surface area (Å²) in [6.45, 7) is 0. The summed E-state index contributed by atoms with van der Waals surface area (Å²) in [5.41, 5.74) is 1.63. The number of hydrogen-bond donors (Lipinski definition) is 2. The van der Waals surface area contributed by atoms with Crippen molar-refractivity contribution in [2.75, 3.05) is 12.4 Å². The largest absolute Gasteiger partial charge is 0.495 e. The molecule has 4 nitrogen and oxygen atoms in total. The lowest BCUT2D eigenvalue weighted by Crippen LogP contribution is -2.01. The average molecular weight is 506 g/mol. The van der Waals surface area contributed by atoms with Gasteiger partial charge in [-0.3, -0.25) is 0 Å². The molecule has 160 valence electrons. The molecule has 0 bridgehead atoms. The number of nitrogens with one attached hydrogen (secondary N) is 1. The molecule has 0 amide bonds. The topological polar surface area (TPSA) is 58.6 Å².